The molecule has 5 nitrogen and oxygen atoms in total. The maximum atomic E-state index is 11.5. The van der Waals surface area contributed by atoms with Gasteiger partial charge < -0.3 is 10.5 Å². The lowest BCUT2D eigenvalue weighted by molar-refractivity contribution is 0.0607. The zero-order valence-corrected chi connectivity index (χ0v) is 10.2. The summed E-state index contributed by atoms with van der Waals surface area (Å²) in [6.07, 6.45) is 3.30. The first-order valence-electron chi connectivity index (χ1n) is 4.89. The first kappa shape index (κ1) is 11.5. The van der Waals surface area contributed by atoms with Crippen LogP contribution in [0.3, 0.4) is 0 Å². The molecule has 0 unspecified atom stereocenters. The number of rotatable bonds is 2. The van der Waals surface area contributed by atoms with E-state index in [1.54, 1.807) is 18.5 Å². The van der Waals surface area contributed by atoms with Gasteiger partial charge in [-0.15, -0.1) is 11.3 Å². The van der Waals surface area contributed by atoms with Crippen molar-refractivity contribution in [3.05, 3.63) is 28.9 Å². The molecule has 0 aliphatic carbocycles. The molecular weight excluding hydrogens is 238 g/mol. The Morgan fingerprint density at radius 1 is 1.41 bits per heavy atom. The summed E-state index contributed by atoms with van der Waals surface area (Å²) in [6.45, 7) is 1.84. The summed E-state index contributed by atoms with van der Waals surface area (Å²) in [5.41, 5.74) is 7.11. The number of thiophene rings is 1. The Morgan fingerprint density at radius 2 is 2.06 bits per heavy atom. The van der Waals surface area contributed by atoms with Crippen LogP contribution in [0.5, 0.6) is 0 Å². The fourth-order valence-corrected chi connectivity index (χ4v) is 2.49. The van der Waals surface area contributed by atoms with E-state index in [0.717, 1.165) is 10.4 Å². The average Bonchev–Trinajstić information content (AvgIpc) is 2.67. The summed E-state index contributed by atoms with van der Waals surface area (Å²) in [5.74, 6) is 0.134. The van der Waals surface area contributed by atoms with E-state index in [1.165, 1.54) is 18.4 Å². The van der Waals surface area contributed by atoms with Crippen molar-refractivity contribution in [2.45, 2.75) is 6.92 Å². The van der Waals surface area contributed by atoms with Gasteiger partial charge in [-0.3, -0.25) is 0 Å². The summed E-state index contributed by atoms with van der Waals surface area (Å²) in [6, 6.07) is 1.73. The molecule has 0 fully saturated rings. The van der Waals surface area contributed by atoms with Gasteiger partial charge in [0, 0.05) is 12.4 Å². The molecule has 0 aliphatic heterocycles. The molecule has 2 N–H and O–H groups in total. The van der Waals surface area contributed by atoms with Crippen LogP contribution in [0.4, 0.5) is 5.69 Å². The Morgan fingerprint density at radius 3 is 2.65 bits per heavy atom. The van der Waals surface area contributed by atoms with Gasteiger partial charge in [0.15, 0.2) is 5.82 Å². The fraction of sp³-hybridized carbons (Fsp3) is 0.182. The predicted octanol–water partition coefficient (Wildman–Crippen LogP) is 1.88. The number of nitrogens with two attached hydrogens (primary N) is 1. The maximum absolute atomic E-state index is 11.5. The topological polar surface area (TPSA) is 78.1 Å². The van der Waals surface area contributed by atoms with E-state index < -0.39 is 5.97 Å². The molecule has 2 rings (SSSR count). The molecule has 0 aromatic carbocycles. The molecule has 0 bridgehead atoms. The van der Waals surface area contributed by atoms with Crippen molar-refractivity contribution >= 4 is 23.0 Å². The van der Waals surface area contributed by atoms with Crippen LogP contribution in [0, 0.1) is 6.92 Å². The van der Waals surface area contributed by atoms with Crippen LogP contribution in [0.25, 0.3) is 10.7 Å². The molecule has 6 heteroatoms. The average molecular weight is 249 g/mol. The van der Waals surface area contributed by atoms with Crippen LogP contribution in [-0.4, -0.2) is 23.0 Å². The quantitative estimate of drug-likeness (QED) is 0.822. The van der Waals surface area contributed by atoms with Crippen LogP contribution < -0.4 is 5.73 Å². The third-order valence-electron chi connectivity index (χ3n) is 2.33. The molecule has 0 spiro atoms. The van der Waals surface area contributed by atoms with Crippen molar-refractivity contribution in [3.63, 3.8) is 0 Å². The van der Waals surface area contributed by atoms with E-state index in [0.29, 0.717) is 16.4 Å². The van der Waals surface area contributed by atoms with E-state index in [1.807, 2.05) is 6.92 Å². The van der Waals surface area contributed by atoms with E-state index >= 15 is 0 Å². The Balaban J connectivity index is 2.54. The summed E-state index contributed by atoms with van der Waals surface area (Å²) in [7, 11) is 1.33. The van der Waals surface area contributed by atoms with Crippen molar-refractivity contribution in [3.8, 4) is 10.7 Å². The fourth-order valence-electron chi connectivity index (χ4n) is 1.40. The third-order valence-corrected chi connectivity index (χ3v) is 3.62. The monoisotopic (exact) mass is 249 g/mol. The maximum Gasteiger partial charge on any atom is 0.350 e. The second-order valence-electron chi connectivity index (χ2n) is 3.36. The minimum Gasteiger partial charge on any atom is -0.465 e. The third kappa shape index (κ3) is 1.99. The van der Waals surface area contributed by atoms with E-state index in [-0.39, 0.29) is 0 Å². The van der Waals surface area contributed by atoms with Gasteiger partial charge in [0.05, 0.1) is 17.7 Å². The zero-order valence-electron chi connectivity index (χ0n) is 9.43. The van der Waals surface area contributed by atoms with E-state index in [4.69, 9.17) is 5.73 Å². The summed E-state index contributed by atoms with van der Waals surface area (Å²) >= 11 is 1.25. The number of ether oxygens (including phenoxy) is 1. The second kappa shape index (κ2) is 4.50. The van der Waals surface area contributed by atoms with Gasteiger partial charge in [-0.25, -0.2) is 14.8 Å². The standard InChI is InChI=1S/C11H11N3O2S/c1-6-7(12)9(11(15)16-2)17-8(6)10-13-4-3-5-14-10/h3-5H,12H2,1-2H3. The van der Waals surface area contributed by atoms with Crippen LogP contribution in [0.15, 0.2) is 18.5 Å². The van der Waals surface area contributed by atoms with Crippen LogP contribution >= 0.6 is 11.3 Å². The van der Waals surface area contributed by atoms with Crippen LogP contribution in [0.2, 0.25) is 0 Å². The zero-order chi connectivity index (χ0) is 12.4. The summed E-state index contributed by atoms with van der Waals surface area (Å²) in [4.78, 5) is 21.0. The van der Waals surface area contributed by atoms with E-state index in [2.05, 4.69) is 14.7 Å². The number of esters is 1. The number of nitrogen functional groups attached to an aromatic ring is 1. The second-order valence-corrected chi connectivity index (χ2v) is 4.38. The Kier molecular flexibility index (Phi) is 3.06. The van der Waals surface area contributed by atoms with Gasteiger partial charge in [-0.05, 0) is 18.6 Å². The van der Waals surface area contributed by atoms with Gasteiger partial charge in [0.1, 0.15) is 4.88 Å². The highest BCUT2D eigenvalue weighted by atomic mass is 32.1. The smallest absolute Gasteiger partial charge is 0.350 e. The highest BCUT2D eigenvalue weighted by molar-refractivity contribution is 7.18. The molecule has 88 valence electrons. The molecule has 0 saturated heterocycles. The first-order valence-corrected chi connectivity index (χ1v) is 5.71. The van der Waals surface area contributed by atoms with Gasteiger partial charge in [-0.2, -0.15) is 0 Å². The summed E-state index contributed by atoms with van der Waals surface area (Å²) in [5, 5.41) is 0. The molecule has 2 aromatic heterocycles. The Bertz CT molecular complexity index is 551. The highest BCUT2D eigenvalue weighted by Gasteiger charge is 2.20. The molecule has 17 heavy (non-hydrogen) atoms. The van der Waals surface area contributed by atoms with Crippen molar-refractivity contribution in [2.75, 3.05) is 12.8 Å². The molecule has 0 atom stereocenters. The normalized spacial score (nSPS) is 10.2. The van der Waals surface area contributed by atoms with Gasteiger partial charge >= 0.3 is 5.97 Å². The number of aromatic nitrogens is 2. The number of hydrogen-bond donors (Lipinski definition) is 1. The Labute approximate surface area is 102 Å². The minimum atomic E-state index is -0.433. The molecule has 0 amide bonds. The first-order chi connectivity index (χ1) is 8.15. The molecular formula is C11H11N3O2S. The van der Waals surface area contributed by atoms with Crippen molar-refractivity contribution in [1.29, 1.82) is 0 Å². The van der Waals surface area contributed by atoms with Crippen molar-refractivity contribution in [2.24, 2.45) is 0 Å². The number of carbonyl (C=O) groups is 1. The number of anilines is 1. The number of methoxy groups -OCH3 is 1. The lowest BCUT2D eigenvalue weighted by Crippen LogP contribution is -2.01. The van der Waals surface area contributed by atoms with Gasteiger partial charge in [0.25, 0.3) is 0 Å². The van der Waals surface area contributed by atoms with Crippen molar-refractivity contribution in [1.82, 2.24) is 9.97 Å². The number of carbonyl (C=O) groups excluding carboxylic acids is 1. The molecule has 0 radical (unpaired) electrons. The largest absolute Gasteiger partial charge is 0.465 e. The minimum absolute atomic E-state index is 0.396. The molecule has 0 saturated carbocycles. The lowest BCUT2D eigenvalue weighted by atomic mass is 10.2. The van der Waals surface area contributed by atoms with Crippen molar-refractivity contribution < 1.29 is 9.53 Å². The van der Waals surface area contributed by atoms with Crippen LogP contribution in [-0.2, 0) is 4.74 Å². The number of hydrogen-bond acceptors (Lipinski definition) is 6. The summed E-state index contributed by atoms with van der Waals surface area (Å²) < 4.78 is 4.67. The lowest BCUT2D eigenvalue weighted by Gasteiger charge is -1.97. The Hall–Kier alpha value is -1.95. The van der Waals surface area contributed by atoms with E-state index in [9.17, 15) is 4.79 Å². The highest BCUT2D eigenvalue weighted by Crippen LogP contribution is 2.36. The van der Waals surface area contributed by atoms with Gasteiger partial charge in [0.2, 0.25) is 0 Å². The predicted molar refractivity (Wildman–Crippen MR) is 65.8 cm³/mol. The molecule has 2 heterocycles. The molecule has 2 aromatic rings. The van der Waals surface area contributed by atoms with Crippen LogP contribution in [0.1, 0.15) is 15.2 Å². The van der Waals surface area contributed by atoms with Gasteiger partial charge in [-0.1, -0.05) is 0 Å². The molecule has 0 aliphatic rings. The number of nitrogens with zero attached hydrogens (tertiary/aromatic N) is 2. The SMILES string of the molecule is COC(=O)c1sc(-c2ncccn2)c(C)c1N.